The van der Waals surface area contributed by atoms with Crippen LogP contribution in [0.1, 0.15) is 39.1 Å². The Kier molecular flexibility index (Phi) is 3.61. The highest BCUT2D eigenvalue weighted by Crippen LogP contribution is 2.40. The zero-order valence-electron chi connectivity index (χ0n) is 14.2. The van der Waals surface area contributed by atoms with Crippen LogP contribution in [0.2, 0.25) is 0 Å². The second-order valence-corrected chi connectivity index (χ2v) is 7.65. The molecule has 1 amide bonds. The molecule has 1 saturated heterocycles. The van der Waals surface area contributed by atoms with Gasteiger partial charge in [-0.1, -0.05) is 29.5 Å². The van der Waals surface area contributed by atoms with Gasteiger partial charge in [-0.2, -0.15) is 0 Å². The van der Waals surface area contributed by atoms with Crippen molar-refractivity contribution < 1.29 is 9.53 Å². The van der Waals surface area contributed by atoms with Crippen LogP contribution in [0.5, 0.6) is 0 Å². The third kappa shape index (κ3) is 2.45. The van der Waals surface area contributed by atoms with E-state index < -0.39 is 0 Å². The average molecular weight is 367 g/mol. The summed E-state index contributed by atoms with van der Waals surface area (Å²) in [6.45, 7) is 3.20. The second-order valence-electron chi connectivity index (χ2n) is 6.56. The average Bonchev–Trinajstić information content (AvgIpc) is 3.37. The van der Waals surface area contributed by atoms with Crippen molar-refractivity contribution in [3.05, 3.63) is 46.1 Å². The first-order chi connectivity index (χ1) is 12.7. The number of aromatic nitrogens is 4. The number of anilines is 1. The summed E-state index contributed by atoms with van der Waals surface area (Å²) < 4.78 is 7.19. The normalized spacial score (nSPS) is 18.0. The summed E-state index contributed by atoms with van der Waals surface area (Å²) in [4.78, 5) is 18.5. The fourth-order valence-corrected chi connectivity index (χ4v) is 4.58. The molecule has 0 bridgehead atoms. The standard InChI is InChI=1S/C18H17N5O2S/c1-10-15(21-22-23(10)12-6-7-25-9-12)17(24)20-18-19-16-13-5-3-2-4-11(13)8-14(16)26-18/h2-5,12H,6-9H2,1H3,(H,19,20,24). The number of fused-ring (bicyclic) bond motifs is 3. The van der Waals surface area contributed by atoms with Gasteiger partial charge in [-0.05, 0) is 18.9 Å². The number of nitrogens with zero attached hydrogens (tertiary/aromatic N) is 4. The molecule has 26 heavy (non-hydrogen) atoms. The number of ether oxygens (including phenoxy) is 1. The number of amides is 1. The van der Waals surface area contributed by atoms with Crippen molar-refractivity contribution in [2.45, 2.75) is 25.8 Å². The third-order valence-corrected chi connectivity index (χ3v) is 5.91. The molecule has 132 valence electrons. The molecule has 2 aromatic heterocycles. The zero-order valence-corrected chi connectivity index (χ0v) is 15.0. The van der Waals surface area contributed by atoms with Crippen molar-refractivity contribution >= 4 is 22.4 Å². The molecule has 1 fully saturated rings. The number of benzene rings is 1. The van der Waals surface area contributed by atoms with Gasteiger partial charge in [0.25, 0.3) is 5.91 Å². The maximum atomic E-state index is 12.6. The summed E-state index contributed by atoms with van der Waals surface area (Å²) in [6.07, 6.45) is 1.76. The lowest BCUT2D eigenvalue weighted by Crippen LogP contribution is -2.16. The van der Waals surface area contributed by atoms with Gasteiger partial charge in [0.2, 0.25) is 0 Å². The lowest BCUT2D eigenvalue weighted by Gasteiger charge is -2.09. The summed E-state index contributed by atoms with van der Waals surface area (Å²) in [7, 11) is 0. The van der Waals surface area contributed by atoms with Gasteiger partial charge in [0.05, 0.1) is 24.0 Å². The molecular weight excluding hydrogens is 350 g/mol. The molecule has 1 aliphatic heterocycles. The number of hydrogen-bond acceptors (Lipinski definition) is 6. The number of nitrogens with one attached hydrogen (secondary N) is 1. The van der Waals surface area contributed by atoms with E-state index in [0.717, 1.165) is 36.4 Å². The molecule has 1 aromatic carbocycles. The molecule has 0 radical (unpaired) electrons. The maximum Gasteiger partial charge on any atom is 0.279 e. The first kappa shape index (κ1) is 15.7. The molecule has 1 aliphatic carbocycles. The molecule has 5 rings (SSSR count). The first-order valence-corrected chi connectivity index (χ1v) is 9.41. The van der Waals surface area contributed by atoms with Crippen LogP contribution in [-0.2, 0) is 11.2 Å². The van der Waals surface area contributed by atoms with Crippen LogP contribution in [0.25, 0.3) is 11.3 Å². The highest BCUT2D eigenvalue weighted by molar-refractivity contribution is 7.16. The largest absolute Gasteiger partial charge is 0.379 e. The van der Waals surface area contributed by atoms with Crippen LogP contribution in [0.4, 0.5) is 5.13 Å². The lowest BCUT2D eigenvalue weighted by molar-refractivity contribution is 0.102. The molecule has 3 heterocycles. The fraction of sp³-hybridized carbons (Fsp3) is 0.333. The van der Waals surface area contributed by atoms with Crippen molar-refractivity contribution in [3.63, 3.8) is 0 Å². The number of carbonyl (C=O) groups is 1. The quantitative estimate of drug-likeness (QED) is 0.602. The van der Waals surface area contributed by atoms with Crippen molar-refractivity contribution in [1.82, 2.24) is 20.0 Å². The molecule has 2 aliphatic rings. The molecule has 1 unspecified atom stereocenters. The highest BCUT2D eigenvalue weighted by atomic mass is 32.1. The van der Waals surface area contributed by atoms with Crippen LogP contribution in [0, 0.1) is 6.92 Å². The number of rotatable bonds is 3. The minimum Gasteiger partial charge on any atom is -0.379 e. The fourth-order valence-electron chi connectivity index (χ4n) is 3.58. The van der Waals surface area contributed by atoms with E-state index in [2.05, 4.69) is 32.7 Å². The van der Waals surface area contributed by atoms with Crippen LogP contribution >= 0.6 is 11.3 Å². The Morgan fingerprint density at radius 2 is 2.27 bits per heavy atom. The van der Waals surface area contributed by atoms with E-state index in [1.54, 1.807) is 4.68 Å². The van der Waals surface area contributed by atoms with E-state index >= 15 is 0 Å². The molecule has 0 spiro atoms. The van der Waals surface area contributed by atoms with Gasteiger partial charge in [-0.25, -0.2) is 9.67 Å². The summed E-state index contributed by atoms with van der Waals surface area (Å²) in [5.74, 6) is -0.270. The maximum absolute atomic E-state index is 12.6. The smallest absolute Gasteiger partial charge is 0.279 e. The Balaban J connectivity index is 1.38. The van der Waals surface area contributed by atoms with Gasteiger partial charge in [-0.15, -0.1) is 16.4 Å². The van der Waals surface area contributed by atoms with E-state index in [4.69, 9.17) is 4.74 Å². The Morgan fingerprint density at radius 3 is 3.12 bits per heavy atom. The minimum atomic E-state index is -0.270. The van der Waals surface area contributed by atoms with E-state index in [0.29, 0.717) is 17.4 Å². The van der Waals surface area contributed by atoms with Gasteiger partial charge in [0.1, 0.15) is 0 Å². The molecule has 1 atom stereocenters. The van der Waals surface area contributed by atoms with Crippen LogP contribution in [0.3, 0.4) is 0 Å². The van der Waals surface area contributed by atoms with Crippen molar-refractivity contribution in [3.8, 4) is 11.3 Å². The van der Waals surface area contributed by atoms with Gasteiger partial charge in [0.15, 0.2) is 10.8 Å². The summed E-state index contributed by atoms with van der Waals surface area (Å²) in [5.41, 5.74) is 4.52. The highest BCUT2D eigenvalue weighted by Gasteiger charge is 2.27. The van der Waals surface area contributed by atoms with Gasteiger partial charge in [0, 0.05) is 23.5 Å². The lowest BCUT2D eigenvalue weighted by atomic mass is 10.1. The van der Waals surface area contributed by atoms with E-state index in [9.17, 15) is 4.79 Å². The van der Waals surface area contributed by atoms with Crippen molar-refractivity contribution in [1.29, 1.82) is 0 Å². The summed E-state index contributed by atoms with van der Waals surface area (Å²) in [5, 5.41) is 11.7. The Morgan fingerprint density at radius 1 is 1.38 bits per heavy atom. The number of carbonyl (C=O) groups excluding carboxylic acids is 1. The van der Waals surface area contributed by atoms with Crippen LogP contribution in [-0.4, -0.2) is 39.1 Å². The molecule has 3 aromatic rings. The molecule has 1 N–H and O–H groups in total. The zero-order chi connectivity index (χ0) is 17.7. The van der Waals surface area contributed by atoms with Gasteiger partial charge < -0.3 is 4.74 Å². The number of thiazole rings is 1. The third-order valence-electron chi connectivity index (χ3n) is 4.94. The second kappa shape index (κ2) is 6.00. The van der Waals surface area contributed by atoms with Crippen molar-refractivity contribution in [2.24, 2.45) is 0 Å². The van der Waals surface area contributed by atoms with Gasteiger partial charge >= 0.3 is 0 Å². The van der Waals surface area contributed by atoms with Crippen LogP contribution in [0.15, 0.2) is 24.3 Å². The molecular formula is C18H17N5O2S. The predicted octanol–water partition coefficient (Wildman–Crippen LogP) is 2.83. The summed E-state index contributed by atoms with van der Waals surface area (Å²) in [6, 6.07) is 8.41. The van der Waals surface area contributed by atoms with Crippen LogP contribution < -0.4 is 5.32 Å². The Hall–Kier alpha value is -2.58. The SMILES string of the molecule is Cc1c(C(=O)Nc2nc3c(s2)Cc2ccccc2-3)nnn1C1CCOC1. The Bertz CT molecular complexity index is 1000. The molecule has 7 nitrogen and oxygen atoms in total. The predicted molar refractivity (Wildman–Crippen MR) is 97.5 cm³/mol. The van der Waals surface area contributed by atoms with E-state index in [1.807, 2.05) is 19.1 Å². The summed E-state index contributed by atoms with van der Waals surface area (Å²) >= 11 is 1.52. The minimum absolute atomic E-state index is 0.157. The topological polar surface area (TPSA) is 81.9 Å². The van der Waals surface area contributed by atoms with E-state index in [1.165, 1.54) is 21.8 Å². The molecule has 8 heteroatoms. The van der Waals surface area contributed by atoms with Gasteiger partial charge in [-0.3, -0.25) is 10.1 Å². The molecule has 0 saturated carbocycles. The van der Waals surface area contributed by atoms with E-state index in [-0.39, 0.29) is 11.9 Å². The first-order valence-electron chi connectivity index (χ1n) is 8.59. The number of hydrogen-bond donors (Lipinski definition) is 1. The Labute approximate surface area is 154 Å². The van der Waals surface area contributed by atoms with Crippen molar-refractivity contribution in [2.75, 3.05) is 18.5 Å². The monoisotopic (exact) mass is 367 g/mol.